The molecule has 0 spiro atoms. The zero-order valence-electron chi connectivity index (χ0n) is 11.6. The fourth-order valence-electron chi connectivity index (χ4n) is 2.39. The first-order valence-corrected chi connectivity index (χ1v) is 6.55. The molecule has 0 aliphatic carbocycles. The average Bonchev–Trinajstić information content (AvgIpc) is 2.82. The van der Waals surface area contributed by atoms with E-state index < -0.39 is 5.54 Å². The Morgan fingerprint density at radius 2 is 2.29 bits per heavy atom. The van der Waals surface area contributed by atoms with Crippen molar-refractivity contribution < 1.29 is 9.53 Å². The molecule has 0 aromatic rings. The molecule has 4 nitrogen and oxygen atoms in total. The maximum atomic E-state index is 11.7. The van der Waals surface area contributed by atoms with E-state index in [0.717, 1.165) is 18.9 Å². The van der Waals surface area contributed by atoms with Crippen LogP contribution in [0, 0.1) is 5.92 Å². The minimum absolute atomic E-state index is 0.175. The fraction of sp³-hybridized carbons (Fsp3) is 0.923. The number of likely N-dealkylation sites (tertiary alicyclic amines) is 1. The molecule has 1 N–H and O–H groups in total. The second-order valence-corrected chi connectivity index (χ2v) is 5.19. The molecule has 0 aromatic carbocycles. The number of hydrogen-bond donors (Lipinski definition) is 1. The second-order valence-electron chi connectivity index (χ2n) is 5.19. The Hall–Kier alpha value is -0.610. The molecule has 0 saturated carbocycles. The standard InChI is InChI=1S/C13H26N2O2/c1-5-11-6-8-15(10-11)9-7-13(2,14-3)12(16)17-4/h11,14H,5-10H2,1-4H3. The molecule has 17 heavy (non-hydrogen) atoms. The van der Waals surface area contributed by atoms with Gasteiger partial charge in [0.15, 0.2) is 0 Å². The number of ether oxygens (including phenoxy) is 1. The highest BCUT2D eigenvalue weighted by Gasteiger charge is 2.33. The van der Waals surface area contributed by atoms with Crippen LogP contribution < -0.4 is 5.32 Å². The van der Waals surface area contributed by atoms with E-state index in [4.69, 9.17) is 4.74 Å². The van der Waals surface area contributed by atoms with Gasteiger partial charge in [0.25, 0.3) is 0 Å². The SMILES string of the molecule is CCC1CCN(CCC(C)(NC)C(=O)OC)C1. The maximum absolute atomic E-state index is 11.7. The van der Waals surface area contributed by atoms with Gasteiger partial charge in [-0.25, -0.2) is 0 Å². The van der Waals surface area contributed by atoms with Gasteiger partial charge in [-0.3, -0.25) is 4.79 Å². The lowest BCUT2D eigenvalue weighted by atomic mass is 9.98. The summed E-state index contributed by atoms with van der Waals surface area (Å²) in [6.07, 6.45) is 3.36. The summed E-state index contributed by atoms with van der Waals surface area (Å²) in [5.74, 6) is 0.667. The average molecular weight is 242 g/mol. The van der Waals surface area contributed by atoms with Crippen LogP contribution in [0.5, 0.6) is 0 Å². The van der Waals surface area contributed by atoms with Crippen molar-refractivity contribution in [3.63, 3.8) is 0 Å². The van der Waals surface area contributed by atoms with Crippen molar-refractivity contribution in [3.8, 4) is 0 Å². The van der Waals surface area contributed by atoms with Crippen LogP contribution in [0.25, 0.3) is 0 Å². The van der Waals surface area contributed by atoms with E-state index in [1.165, 1.54) is 33.0 Å². The first-order chi connectivity index (χ1) is 8.05. The van der Waals surface area contributed by atoms with E-state index in [2.05, 4.69) is 17.1 Å². The highest BCUT2D eigenvalue weighted by atomic mass is 16.5. The van der Waals surface area contributed by atoms with Gasteiger partial charge in [-0.15, -0.1) is 0 Å². The van der Waals surface area contributed by atoms with Crippen molar-refractivity contribution in [3.05, 3.63) is 0 Å². The third kappa shape index (κ3) is 3.68. The Morgan fingerprint density at radius 1 is 1.59 bits per heavy atom. The molecule has 2 atom stereocenters. The van der Waals surface area contributed by atoms with Gasteiger partial charge >= 0.3 is 5.97 Å². The Labute approximate surface area is 105 Å². The van der Waals surface area contributed by atoms with Crippen LogP contribution in [-0.2, 0) is 9.53 Å². The fourth-order valence-corrected chi connectivity index (χ4v) is 2.39. The molecule has 1 saturated heterocycles. The Bertz CT molecular complexity index is 258. The quantitative estimate of drug-likeness (QED) is 0.712. The van der Waals surface area contributed by atoms with Gasteiger partial charge in [-0.1, -0.05) is 13.3 Å². The van der Waals surface area contributed by atoms with Gasteiger partial charge < -0.3 is 15.0 Å². The van der Waals surface area contributed by atoms with Gasteiger partial charge in [0.2, 0.25) is 0 Å². The van der Waals surface area contributed by atoms with E-state index in [-0.39, 0.29) is 5.97 Å². The molecule has 1 rings (SSSR count). The lowest BCUT2D eigenvalue weighted by Gasteiger charge is -2.28. The van der Waals surface area contributed by atoms with Crippen LogP contribution in [0.15, 0.2) is 0 Å². The number of hydrogen-bond acceptors (Lipinski definition) is 4. The number of rotatable bonds is 6. The largest absolute Gasteiger partial charge is 0.468 e. The first-order valence-electron chi connectivity index (χ1n) is 6.55. The molecular weight excluding hydrogens is 216 g/mol. The number of nitrogens with zero attached hydrogens (tertiary/aromatic N) is 1. The molecule has 0 amide bonds. The predicted molar refractivity (Wildman–Crippen MR) is 68.9 cm³/mol. The predicted octanol–water partition coefficient (Wildman–Crippen LogP) is 1.26. The summed E-state index contributed by atoms with van der Waals surface area (Å²) in [4.78, 5) is 14.1. The van der Waals surface area contributed by atoms with Gasteiger partial charge in [-0.05, 0) is 39.3 Å². The van der Waals surface area contributed by atoms with Crippen molar-refractivity contribution >= 4 is 5.97 Å². The van der Waals surface area contributed by atoms with Gasteiger partial charge in [0.1, 0.15) is 5.54 Å². The normalized spacial score (nSPS) is 24.6. The van der Waals surface area contributed by atoms with Gasteiger partial charge in [-0.2, -0.15) is 0 Å². The van der Waals surface area contributed by atoms with E-state index in [1.54, 1.807) is 0 Å². The molecule has 1 aliphatic heterocycles. The Balaban J connectivity index is 2.41. The van der Waals surface area contributed by atoms with E-state index in [1.807, 2.05) is 14.0 Å². The van der Waals surface area contributed by atoms with Crippen molar-refractivity contribution in [2.45, 2.75) is 38.6 Å². The molecule has 4 heteroatoms. The summed E-state index contributed by atoms with van der Waals surface area (Å²) >= 11 is 0. The summed E-state index contributed by atoms with van der Waals surface area (Å²) in [5.41, 5.74) is -0.556. The van der Waals surface area contributed by atoms with Crippen LogP contribution in [-0.4, -0.2) is 50.2 Å². The molecule has 1 aliphatic rings. The molecular formula is C13H26N2O2. The molecule has 0 bridgehead atoms. The zero-order chi connectivity index (χ0) is 12.9. The third-order valence-electron chi connectivity index (χ3n) is 4.06. The molecule has 2 unspecified atom stereocenters. The lowest BCUT2D eigenvalue weighted by molar-refractivity contribution is -0.148. The molecule has 1 heterocycles. The minimum Gasteiger partial charge on any atom is -0.468 e. The van der Waals surface area contributed by atoms with Crippen molar-refractivity contribution in [1.82, 2.24) is 10.2 Å². The Morgan fingerprint density at radius 3 is 2.76 bits per heavy atom. The second kappa shape index (κ2) is 6.36. The first kappa shape index (κ1) is 14.5. The van der Waals surface area contributed by atoms with Crippen LogP contribution in [0.3, 0.4) is 0 Å². The van der Waals surface area contributed by atoms with Crippen molar-refractivity contribution in [2.24, 2.45) is 5.92 Å². The molecule has 1 fully saturated rings. The van der Waals surface area contributed by atoms with E-state index in [0.29, 0.717) is 0 Å². The summed E-state index contributed by atoms with van der Waals surface area (Å²) in [6.45, 7) is 7.46. The number of carbonyl (C=O) groups excluding carboxylic acids is 1. The monoisotopic (exact) mass is 242 g/mol. The van der Waals surface area contributed by atoms with Crippen LogP contribution in [0.1, 0.15) is 33.1 Å². The van der Waals surface area contributed by atoms with Gasteiger partial charge in [0.05, 0.1) is 7.11 Å². The maximum Gasteiger partial charge on any atom is 0.325 e. The summed E-state index contributed by atoms with van der Waals surface area (Å²) in [7, 11) is 3.26. The van der Waals surface area contributed by atoms with Gasteiger partial charge in [0, 0.05) is 13.1 Å². The number of nitrogens with one attached hydrogen (secondary N) is 1. The van der Waals surface area contributed by atoms with E-state index in [9.17, 15) is 4.79 Å². The van der Waals surface area contributed by atoms with Crippen LogP contribution in [0.4, 0.5) is 0 Å². The summed E-state index contributed by atoms with van der Waals surface area (Å²) < 4.78 is 4.84. The minimum atomic E-state index is -0.556. The highest BCUT2D eigenvalue weighted by Crippen LogP contribution is 2.21. The lowest BCUT2D eigenvalue weighted by Crippen LogP contribution is -2.50. The highest BCUT2D eigenvalue weighted by molar-refractivity contribution is 5.80. The van der Waals surface area contributed by atoms with E-state index >= 15 is 0 Å². The zero-order valence-corrected chi connectivity index (χ0v) is 11.6. The summed E-state index contributed by atoms with van der Waals surface area (Å²) in [6, 6.07) is 0. The smallest absolute Gasteiger partial charge is 0.325 e. The topological polar surface area (TPSA) is 41.6 Å². The van der Waals surface area contributed by atoms with Crippen LogP contribution in [0.2, 0.25) is 0 Å². The van der Waals surface area contributed by atoms with Crippen molar-refractivity contribution in [1.29, 1.82) is 0 Å². The molecule has 0 radical (unpaired) electrons. The van der Waals surface area contributed by atoms with Crippen molar-refractivity contribution in [2.75, 3.05) is 33.8 Å². The van der Waals surface area contributed by atoms with Crippen LogP contribution >= 0.6 is 0 Å². The number of carbonyl (C=O) groups is 1. The Kier molecular flexibility index (Phi) is 5.40. The number of methoxy groups -OCH3 is 1. The summed E-state index contributed by atoms with van der Waals surface area (Å²) in [5, 5.41) is 3.08. The number of esters is 1. The molecule has 100 valence electrons. The third-order valence-corrected chi connectivity index (χ3v) is 4.06. The molecule has 0 aromatic heterocycles. The number of likely N-dealkylation sites (N-methyl/N-ethyl adjacent to an activating group) is 1.